The highest BCUT2D eigenvalue weighted by Crippen LogP contribution is 2.40. The van der Waals surface area contributed by atoms with E-state index in [2.05, 4.69) is 52.1 Å². The molecule has 3 aromatic rings. The predicted octanol–water partition coefficient (Wildman–Crippen LogP) is 4.21. The molecule has 0 atom stereocenters. The first-order valence-electron chi connectivity index (χ1n) is 7.91. The summed E-state index contributed by atoms with van der Waals surface area (Å²) < 4.78 is 0. The van der Waals surface area contributed by atoms with Gasteiger partial charge in [0.15, 0.2) is 0 Å². The van der Waals surface area contributed by atoms with Crippen molar-refractivity contribution in [2.45, 2.75) is 32.7 Å². The maximum absolute atomic E-state index is 4.65. The van der Waals surface area contributed by atoms with Crippen molar-refractivity contribution in [3.05, 3.63) is 52.7 Å². The van der Waals surface area contributed by atoms with Gasteiger partial charge in [-0.15, -0.1) is 11.3 Å². The van der Waals surface area contributed by atoms with Gasteiger partial charge in [-0.25, -0.2) is 9.97 Å². The summed E-state index contributed by atoms with van der Waals surface area (Å²) in [4.78, 5) is 14.2. The van der Waals surface area contributed by atoms with Crippen LogP contribution < -0.4 is 4.90 Å². The van der Waals surface area contributed by atoms with Crippen LogP contribution in [0.1, 0.15) is 29.3 Å². The van der Waals surface area contributed by atoms with Gasteiger partial charge in [-0.2, -0.15) is 0 Å². The molecule has 0 bridgehead atoms. The monoisotopic (exact) mass is 309 g/mol. The molecule has 4 heteroatoms. The van der Waals surface area contributed by atoms with Gasteiger partial charge in [0.1, 0.15) is 17.0 Å². The SMILES string of the molecule is CCN(Cc1ccccc1)c1ncnc2sc3c(c12)CCC3. The zero-order valence-corrected chi connectivity index (χ0v) is 13.6. The third-order valence-corrected chi connectivity index (χ3v) is 5.58. The highest BCUT2D eigenvalue weighted by molar-refractivity contribution is 7.19. The Kier molecular flexibility index (Phi) is 3.54. The Hall–Kier alpha value is -1.94. The second-order valence-electron chi connectivity index (χ2n) is 5.73. The molecule has 0 aliphatic heterocycles. The molecular weight excluding hydrogens is 290 g/mol. The first-order chi connectivity index (χ1) is 10.9. The average molecular weight is 309 g/mol. The van der Waals surface area contributed by atoms with Gasteiger partial charge in [-0.05, 0) is 37.3 Å². The summed E-state index contributed by atoms with van der Waals surface area (Å²) >= 11 is 1.86. The molecule has 2 heterocycles. The van der Waals surface area contributed by atoms with Crippen LogP contribution in [0.15, 0.2) is 36.7 Å². The van der Waals surface area contributed by atoms with Crippen molar-refractivity contribution in [2.24, 2.45) is 0 Å². The number of fused-ring (bicyclic) bond motifs is 3. The van der Waals surface area contributed by atoms with Gasteiger partial charge in [0.05, 0.1) is 5.39 Å². The fourth-order valence-corrected chi connectivity index (χ4v) is 4.52. The molecule has 0 radical (unpaired) electrons. The molecule has 0 N–H and O–H groups in total. The predicted molar refractivity (Wildman–Crippen MR) is 92.6 cm³/mol. The van der Waals surface area contributed by atoms with E-state index >= 15 is 0 Å². The second kappa shape index (κ2) is 5.69. The minimum atomic E-state index is 0.897. The molecule has 0 amide bonds. The van der Waals surface area contributed by atoms with E-state index in [0.717, 1.165) is 23.7 Å². The third-order valence-electron chi connectivity index (χ3n) is 4.38. The van der Waals surface area contributed by atoms with E-state index in [0.29, 0.717) is 0 Å². The lowest BCUT2D eigenvalue weighted by Gasteiger charge is -2.23. The number of thiophene rings is 1. The van der Waals surface area contributed by atoms with Crippen molar-refractivity contribution < 1.29 is 0 Å². The van der Waals surface area contributed by atoms with Gasteiger partial charge < -0.3 is 4.90 Å². The summed E-state index contributed by atoms with van der Waals surface area (Å²) in [7, 11) is 0. The van der Waals surface area contributed by atoms with Crippen LogP contribution in [0.2, 0.25) is 0 Å². The van der Waals surface area contributed by atoms with E-state index in [1.54, 1.807) is 6.33 Å². The van der Waals surface area contributed by atoms with Crippen LogP contribution in [-0.4, -0.2) is 16.5 Å². The summed E-state index contributed by atoms with van der Waals surface area (Å²) in [6, 6.07) is 10.6. The third kappa shape index (κ3) is 2.28. The number of rotatable bonds is 4. The Bertz CT molecular complexity index is 795. The molecule has 0 unspecified atom stereocenters. The molecule has 3 nitrogen and oxygen atoms in total. The Labute approximate surface area is 134 Å². The van der Waals surface area contributed by atoms with Crippen LogP contribution in [0.5, 0.6) is 0 Å². The maximum atomic E-state index is 4.65. The summed E-state index contributed by atoms with van der Waals surface area (Å²) in [5.41, 5.74) is 2.82. The minimum Gasteiger partial charge on any atom is -0.352 e. The van der Waals surface area contributed by atoms with Crippen LogP contribution in [0, 0.1) is 0 Å². The van der Waals surface area contributed by atoms with Gasteiger partial charge in [0.2, 0.25) is 0 Å². The average Bonchev–Trinajstić information content (AvgIpc) is 3.14. The van der Waals surface area contributed by atoms with Gasteiger partial charge in [-0.1, -0.05) is 30.3 Å². The number of benzene rings is 1. The van der Waals surface area contributed by atoms with Crippen LogP contribution in [0.25, 0.3) is 10.2 Å². The second-order valence-corrected chi connectivity index (χ2v) is 6.82. The van der Waals surface area contributed by atoms with Gasteiger partial charge >= 0.3 is 0 Å². The largest absolute Gasteiger partial charge is 0.352 e. The highest BCUT2D eigenvalue weighted by atomic mass is 32.1. The van der Waals surface area contributed by atoms with E-state index in [1.165, 1.54) is 40.7 Å². The quantitative estimate of drug-likeness (QED) is 0.723. The number of aromatic nitrogens is 2. The van der Waals surface area contributed by atoms with Crippen LogP contribution in [-0.2, 0) is 19.4 Å². The first kappa shape index (κ1) is 13.7. The summed E-state index contributed by atoms with van der Waals surface area (Å²) in [6.45, 7) is 4.04. The zero-order chi connectivity index (χ0) is 14.9. The number of aryl methyl sites for hydroxylation is 2. The smallest absolute Gasteiger partial charge is 0.141 e. The van der Waals surface area contributed by atoms with Crippen molar-refractivity contribution in [2.75, 3.05) is 11.4 Å². The lowest BCUT2D eigenvalue weighted by molar-refractivity contribution is 0.816. The Morgan fingerprint density at radius 1 is 1.14 bits per heavy atom. The molecule has 0 saturated heterocycles. The normalized spacial score (nSPS) is 13.5. The maximum Gasteiger partial charge on any atom is 0.141 e. The molecule has 1 aromatic carbocycles. The van der Waals surface area contributed by atoms with E-state index in [4.69, 9.17) is 0 Å². The molecule has 0 spiro atoms. The van der Waals surface area contributed by atoms with Crippen molar-refractivity contribution in [3.63, 3.8) is 0 Å². The standard InChI is InChI=1S/C18H19N3S/c1-2-21(11-13-7-4-3-5-8-13)17-16-14-9-6-10-15(14)22-18(16)20-12-19-17/h3-5,7-8,12H,2,6,9-11H2,1H3. The molecule has 0 saturated carbocycles. The van der Waals surface area contributed by atoms with Crippen molar-refractivity contribution >= 4 is 27.4 Å². The van der Waals surface area contributed by atoms with E-state index in [-0.39, 0.29) is 0 Å². The topological polar surface area (TPSA) is 29.0 Å². The number of hydrogen-bond donors (Lipinski definition) is 0. The van der Waals surface area contributed by atoms with E-state index < -0.39 is 0 Å². The molecule has 4 rings (SSSR count). The van der Waals surface area contributed by atoms with Crippen molar-refractivity contribution in [1.29, 1.82) is 0 Å². The van der Waals surface area contributed by atoms with Crippen molar-refractivity contribution in [3.8, 4) is 0 Å². The molecule has 0 fully saturated rings. The Morgan fingerprint density at radius 3 is 2.82 bits per heavy atom. The van der Waals surface area contributed by atoms with E-state index in [9.17, 15) is 0 Å². The van der Waals surface area contributed by atoms with Gasteiger partial charge in [0.25, 0.3) is 0 Å². The molecule has 1 aliphatic carbocycles. The lowest BCUT2D eigenvalue weighted by Crippen LogP contribution is -2.23. The molecule has 22 heavy (non-hydrogen) atoms. The lowest BCUT2D eigenvalue weighted by atomic mass is 10.1. The molecule has 1 aliphatic rings. The van der Waals surface area contributed by atoms with E-state index in [1.807, 2.05) is 11.3 Å². The number of anilines is 1. The minimum absolute atomic E-state index is 0.897. The number of hydrogen-bond acceptors (Lipinski definition) is 4. The molecule has 112 valence electrons. The van der Waals surface area contributed by atoms with Crippen molar-refractivity contribution in [1.82, 2.24) is 9.97 Å². The summed E-state index contributed by atoms with van der Waals surface area (Å²) in [5, 5.41) is 1.30. The van der Waals surface area contributed by atoms with Crippen LogP contribution in [0.4, 0.5) is 5.82 Å². The fraction of sp³-hybridized carbons (Fsp3) is 0.333. The van der Waals surface area contributed by atoms with Gasteiger partial charge in [0, 0.05) is 18.0 Å². The first-order valence-corrected chi connectivity index (χ1v) is 8.72. The Morgan fingerprint density at radius 2 is 2.00 bits per heavy atom. The number of nitrogens with zero attached hydrogens (tertiary/aromatic N) is 3. The zero-order valence-electron chi connectivity index (χ0n) is 12.7. The van der Waals surface area contributed by atoms with Gasteiger partial charge in [-0.3, -0.25) is 0 Å². The summed E-state index contributed by atoms with van der Waals surface area (Å²) in [5.74, 6) is 1.11. The Balaban J connectivity index is 1.78. The molecule has 2 aromatic heterocycles. The fourth-order valence-electron chi connectivity index (χ4n) is 3.29. The highest BCUT2D eigenvalue weighted by Gasteiger charge is 2.23. The van der Waals surface area contributed by atoms with Crippen LogP contribution in [0.3, 0.4) is 0 Å². The summed E-state index contributed by atoms with van der Waals surface area (Å²) in [6.07, 6.45) is 5.38. The molecular formula is C18H19N3S. The van der Waals surface area contributed by atoms with Crippen LogP contribution >= 0.6 is 11.3 Å².